The molecule has 1 aliphatic rings. The summed E-state index contributed by atoms with van der Waals surface area (Å²) in [6, 6.07) is 44.6. The molecule has 1 aliphatic carbocycles. The molecule has 0 saturated carbocycles. The van der Waals surface area contributed by atoms with E-state index in [0.717, 1.165) is 94.1 Å². The van der Waals surface area contributed by atoms with Crippen LogP contribution in [0.3, 0.4) is 0 Å². The number of furan rings is 1. The maximum Gasteiger partial charge on any atom is 0.235 e. The highest BCUT2D eigenvalue weighted by atomic mass is 16.3. The lowest BCUT2D eigenvalue weighted by Gasteiger charge is -2.12. The van der Waals surface area contributed by atoms with Crippen LogP contribution in [-0.4, -0.2) is 19.1 Å². The first kappa shape index (κ1) is 27.3. The molecule has 10 aromatic rings. The normalized spacial score (nSPS) is 13.5. The molecule has 0 N–H and O–H groups in total. The van der Waals surface area contributed by atoms with Gasteiger partial charge < -0.3 is 8.98 Å². The number of hydrogen-bond acceptors (Lipinski definition) is 3. The molecule has 5 heteroatoms. The molecular formula is C45H28N4O. The van der Waals surface area contributed by atoms with Crippen LogP contribution in [0, 0.1) is 0 Å². The van der Waals surface area contributed by atoms with E-state index in [-0.39, 0.29) is 0 Å². The molecule has 0 atom stereocenters. The van der Waals surface area contributed by atoms with Gasteiger partial charge in [-0.05, 0) is 48.5 Å². The first-order chi connectivity index (χ1) is 24.8. The zero-order chi connectivity index (χ0) is 32.8. The summed E-state index contributed by atoms with van der Waals surface area (Å²) >= 11 is 0. The Balaban J connectivity index is 1.32. The zero-order valence-electron chi connectivity index (χ0n) is 26.9. The highest BCUT2D eigenvalue weighted by molar-refractivity contribution is 6.31. The lowest BCUT2D eigenvalue weighted by atomic mass is 10.1. The van der Waals surface area contributed by atoms with Crippen LogP contribution in [0.1, 0.15) is 6.42 Å². The third-order valence-electron chi connectivity index (χ3n) is 10.2. The number of para-hydroxylation sites is 3. The largest absolute Gasteiger partial charge is 0.455 e. The molecule has 0 saturated heterocycles. The molecule has 6 aromatic carbocycles. The molecule has 4 heterocycles. The highest BCUT2D eigenvalue weighted by Crippen LogP contribution is 2.45. The number of hydrogen-bond donors (Lipinski definition) is 0. The number of aromatic nitrogens is 4. The van der Waals surface area contributed by atoms with Gasteiger partial charge in [-0.1, -0.05) is 109 Å². The first-order valence-electron chi connectivity index (χ1n) is 17.0. The summed E-state index contributed by atoms with van der Waals surface area (Å²) in [4.78, 5) is 10.5. The Morgan fingerprint density at radius 3 is 2.16 bits per heavy atom. The molecule has 0 aliphatic heterocycles. The van der Waals surface area contributed by atoms with Crippen molar-refractivity contribution in [2.45, 2.75) is 6.42 Å². The van der Waals surface area contributed by atoms with Crippen LogP contribution in [0.25, 0.3) is 99.4 Å². The van der Waals surface area contributed by atoms with Gasteiger partial charge in [0.2, 0.25) is 5.95 Å². The summed E-state index contributed by atoms with van der Waals surface area (Å²) in [5.74, 6) is 0.648. The Hall–Kier alpha value is -6.72. The number of benzene rings is 6. The third-order valence-corrected chi connectivity index (χ3v) is 10.2. The number of allylic oxidation sites excluding steroid dienone is 6. The van der Waals surface area contributed by atoms with Gasteiger partial charge in [0.25, 0.3) is 0 Å². The summed E-state index contributed by atoms with van der Waals surface area (Å²) in [5, 5.41) is 7.88. The van der Waals surface area contributed by atoms with Gasteiger partial charge in [-0.25, -0.2) is 9.97 Å². The Kier molecular flexibility index (Phi) is 5.66. The average Bonchev–Trinajstić information content (AvgIpc) is 3.74. The third kappa shape index (κ3) is 3.77. The fraction of sp³-hybridized carbons (Fsp3) is 0.0222. The summed E-state index contributed by atoms with van der Waals surface area (Å²) in [6.45, 7) is 0. The minimum atomic E-state index is 0.648. The van der Waals surface area contributed by atoms with E-state index in [2.05, 4.69) is 149 Å². The number of fused-ring (bicyclic) bond motifs is 12. The van der Waals surface area contributed by atoms with Crippen molar-refractivity contribution in [3.8, 4) is 17.2 Å². The summed E-state index contributed by atoms with van der Waals surface area (Å²) in [7, 11) is 0. The van der Waals surface area contributed by atoms with Crippen molar-refractivity contribution in [2.24, 2.45) is 0 Å². The number of nitrogens with zero attached hydrogens (tertiary/aromatic N) is 4. The Morgan fingerprint density at radius 2 is 1.26 bits per heavy atom. The van der Waals surface area contributed by atoms with Gasteiger partial charge in [0.15, 0.2) is 0 Å². The lowest BCUT2D eigenvalue weighted by Crippen LogP contribution is -2.03. The van der Waals surface area contributed by atoms with Crippen LogP contribution >= 0.6 is 0 Å². The van der Waals surface area contributed by atoms with Crippen LogP contribution in [0.5, 0.6) is 0 Å². The Labute approximate surface area is 286 Å². The molecule has 11 rings (SSSR count). The zero-order valence-corrected chi connectivity index (χ0v) is 26.9. The lowest BCUT2D eigenvalue weighted by molar-refractivity contribution is 0.673. The van der Waals surface area contributed by atoms with E-state index in [1.54, 1.807) is 0 Å². The van der Waals surface area contributed by atoms with Crippen molar-refractivity contribution >= 4 is 82.2 Å². The minimum Gasteiger partial charge on any atom is -0.455 e. The second kappa shape index (κ2) is 10.4. The van der Waals surface area contributed by atoms with Crippen molar-refractivity contribution in [3.05, 3.63) is 158 Å². The summed E-state index contributed by atoms with van der Waals surface area (Å²) in [5.41, 5.74) is 10.3. The first-order valence-corrected chi connectivity index (χ1v) is 17.0. The SMILES string of the molecule is C1=CC=C(n2c3ccc4c5ccccc5oc4c3c3ccc4c(c5ccccc5n4-c4nc(-c5ccccc5)c5ccccc5n4)c32)CC=C1. The van der Waals surface area contributed by atoms with Gasteiger partial charge in [-0.15, -0.1) is 0 Å². The molecule has 50 heavy (non-hydrogen) atoms. The highest BCUT2D eigenvalue weighted by Gasteiger charge is 2.25. The Morgan fingerprint density at radius 1 is 0.520 bits per heavy atom. The van der Waals surface area contributed by atoms with E-state index in [0.29, 0.717) is 5.95 Å². The molecule has 5 nitrogen and oxygen atoms in total. The maximum absolute atomic E-state index is 6.68. The summed E-state index contributed by atoms with van der Waals surface area (Å²) < 4.78 is 11.4. The molecule has 0 bridgehead atoms. The van der Waals surface area contributed by atoms with Crippen molar-refractivity contribution in [2.75, 3.05) is 0 Å². The average molecular weight is 641 g/mol. The Bertz CT molecular complexity index is 3120. The minimum absolute atomic E-state index is 0.648. The molecule has 0 unspecified atom stereocenters. The monoisotopic (exact) mass is 640 g/mol. The van der Waals surface area contributed by atoms with Crippen molar-refractivity contribution in [1.29, 1.82) is 0 Å². The van der Waals surface area contributed by atoms with Crippen LogP contribution in [0.2, 0.25) is 0 Å². The van der Waals surface area contributed by atoms with Gasteiger partial charge >= 0.3 is 0 Å². The predicted octanol–water partition coefficient (Wildman–Crippen LogP) is 11.8. The van der Waals surface area contributed by atoms with Crippen LogP contribution in [-0.2, 0) is 0 Å². The molecule has 0 fully saturated rings. The standard InChI is InChI=1S/C45H28N4O/c1-2-7-17-29(16-6-1)48-38-26-24-31-30-18-10-13-23-39(30)50-44(31)41(38)34-25-27-37-40(43(34)48)33-20-9-12-22-36(33)49(37)45-46-35-21-11-8-19-32(35)42(47-45)28-14-4-3-5-15-28/h1-16,18-27H,17H2. The number of rotatable bonds is 3. The molecule has 234 valence electrons. The van der Waals surface area contributed by atoms with Gasteiger partial charge in [0.05, 0.1) is 38.7 Å². The van der Waals surface area contributed by atoms with Crippen LogP contribution in [0.4, 0.5) is 0 Å². The van der Waals surface area contributed by atoms with E-state index in [4.69, 9.17) is 14.4 Å². The van der Waals surface area contributed by atoms with E-state index >= 15 is 0 Å². The van der Waals surface area contributed by atoms with Crippen LogP contribution in [0.15, 0.2) is 162 Å². The quantitative estimate of drug-likeness (QED) is 0.193. The van der Waals surface area contributed by atoms with Crippen molar-refractivity contribution in [1.82, 2.24) is 19.1 Å². The van der Waals surface area contributed by atoms with Crippen molar-refractivity contribution < 1.29 is 4.42 Å². The second-order valence-electron chi connectivity index (χ2n) is 12.9. The molecule has 0 radical (unpaired) electrons. The summed E-state index contributed by atoms with van der Waals surface area (Å²) in [6.07, 6.45) is 11.6. The van der Waals surface area contributed by atoms with Gasteiger partial charge in [0.1, 0.15) is 11.2 Å². The molecular weight excluding hydrogens is 613 g/mol. The van der Waals surface area contributed by atoms with Crippen LogP contribution < -0.4 is 0 Å². The second-order valence-corrected chi connectivity index (χ2v) is 12.9. The van der Waals surface area contributed by atoms with E-state index < -0.39 is 0 Å². The van der Waals surface area contributed by atoms with Gasteiger partial charge in [-0.2, -0.15) is 0 Å². The van der Waals surface area contributed by atoms with E-state index in [9.17, 15) is 0 Å². The molecule has 4 aromatic heterocycles. The maximum atomic E-state index is 6.68. The fourth-order valence-corrected chi connectivity index (χ4v) is 8.05. The van der Waals surface area contributed by atoms with E-state index in [1.165, 1.54) is 5.70 Å². The topological polar surface area (TPSA) is 48.8 Å². The fourth-order valence-electron chi connectivity index (χ4n) is 8.05. The molecule has 0 spiro atoms. The molecule has 0 amide bonds. The van der Waals surface area contributed by atoms with Crippen molar-refractivity contribution in [3.63, 3.8) is 0 Å². The van der Waals surface area contributed by atoms with E-state index in [1.807, 2.05) is 18.2 Å². The van der Waals surface area contributed by atoms with Gasteiger partial charge in [-0.3, -0.25) is 4.57 Å². The smallest absolute Gasteiger partial charge is 0.235 e. The predicted molar refractivity (Wildman–Crippen MR) is 207 cm³/mol. The van der Waals surface area contributed by atoms with Gasteiger partial charge in [0, 0.05) is 50.0 Å².